The average Bonchev–Trinajstić information content (AvgIpc) is 2.59. The Morgan fingerprint density at radius 1 is 1.45 bits per heavy atom. The maximum atomic E-state index is 11.0. The van der Waals surface area contributed by atoms with Crippen molar-refractivity contribution in [1.29, 1.82) is 0 Å². The van der Waals surface area contributed by atoms with E-state index >= 15 is 0 Å². The molecule has 1 N–H and O–H groups in total. The second kappa shape index (κ2) is 4.93. The van der Waals surface area contributed by atoms with Crippen LogP contribution in [0.4, 0.5) is 0 Å². The lowest BCUT2D eigenvalue weighted by atomic mass is 10.0. The molecule has 2 fully saturated rings. The third-order valence-corrected chi connectivity index (χ3v) is 4.95. The molecule has 0 radical (unpaired) electrons. The Kier molecular flexibility index (Phi) is 3.38. The van der Waals surface area contributed by atoms with Crippen molar-refractivity contribution in [3.8, 4) is 5.75 Å². The number of carboxylic acid groups (broad SMARTS) is 1. The Morgan fingerprint density at radius 2 is 2.25 bits per heavy atom. The first-order chi connectivity index (χ1) is 9.52. The summed E-state index contributed by atoms with van der Waals surface area (Å²) in [5, 5.41) is 9.21. The molecule has 2 aliphatic rings. The standard InChI is InChI=1S/C15H18ClNO3/c1-17-10-3-2-7-15(17,8-6-10)20-11-4-5-12(14(18)19)13(16)9-11/h4-5,9-10H,2-3,6-8H2,1H3,(H,18,19). The lowest BCUT2D eigenvalue weighted by molar-refractivity contribution is -0.0822. The van der Waals surface area contributed by atoms with Crippen LogP contribution in [0.1, 0.15) is 42.5 Å². The van der Waals surface area contributed by atoms with E-state index in [1.165, 1.54) is 18.9 Å². The fourth-order valence-corrected chi connectivity index (χ4v) is 3.73. The predicted octanol–water partition coefficient (Wildman–Crippen LogP) is 3.39. The lowest BCUT2D eigenvalue weighted by Crippen LogP contribution is -2.51. The number of rotatable bonds is 3. The van der Waals surface area contributed by atoms with Crippen LogP contribution in [0.2, 0.25) is 5.02 Å². The molecule has 1 aromatic rings. The van der Waals surface area contributed by atoms with Crippen molar-refractivity contribution >= 4 is 17.6 Å². The first-order valence-corrected chi connectivity index (χ1v) is 7.34. The van der Waals surface area contributed by atoms with Crippen LogP contribution in [0.15, 0.2) is 18.2 Å². The van der Waals surface area contributed by atoms with E-state index in [0.717, 1.165) is 19.3 Å². The first kappa shape index (κ1) is 13.7. The molecule has 0 aromatic heterocycles. The molecule has 4 nitrogen and oxygen atoms in total. The van der Waals surface area contributed by atoms with Gasteiger partial charge >= 0.3 is 5.97 Å². The highest BCUT2D eigenvalue weighted by Gasteiger charge is 2.48. The fourth-order valence-electron chi connectivity index (χ4n) is 3.47. The van der Waals surface area contributed by atoms with Crippen LogP contribution in [-0.4, -0.2) is 34.8 Å². The average molecular weight is 296 g/mol. The summed E-state index contributed by atoms with van der Waals surface area (Å²) in [7, 11) is 2.12. The Labute approximate surface area is 123 Å². The van der Waals surface area contributed by atoms with Crippen molar-refractivity contribution in [2.75, 3.05) is 7.05 Å². The molecule has 20 heavy (non-hydrogen) atoms. The van der Waals surface area contributed by atoms with Gasteiger partial charge in [0.1, 0.15) is 5.75 Å². The molecule has 2 atom stereocenters. The highest BCUT2D eigenvalue weighted by Crippen LogP contribution is 2.44. The maximum Gasteiger partial charge on any atom is 0.337 e. The Bertz CT molecular complexity index is 544. The van der Waals surface area contributed by atoms with Gasteiger partial charge < -0.3 is 9.84 Å². The predicted molar refractivity (Wildman–Crippen MR) is 76.4 cm³/mol. The number of benzene rings is 1. The molecule has 0 spiro atoms. The van der Waals surface area contributed by atoms with Gasteiger partial charge in [-0.2, -0.15) is 0 Å². The summed E-state index contributed by atoms with van der Waals surface area (Å²) in [4.78, 5) is 13.3. The summed E-state index contributed by atoms with van der Waals surface area (Å²) in [5.41, 5.74) is -0.130. The number of aromatic carboxylic acids is 1. The smallest absolute Gasteiger partial charge is 0.337 e. The van der Waals surface area contributed by atoms with Crippen molar-refractivity contribution in [1.82, 2.24) is 4.90 Å². The Balaban J connectivity index is 1.84. The van der Waals surface area contributed by atoms with Crippen LogP contribution in [0.5, 0.6) is 5.75 Å². The zero-order valence-electron chi connectivity index (χ0n) is 11.4. The quantitative estimate of drug-likeness (QED) is 0.928. The third kappa shape index (κ3) is 2.17. The summed E-state index contributed by atoms with van der Waals surface area (Å²) in [6.45, 7) is 0. The van der Waals surface area contributed by atoms with Crippen LogP contribution in [-0.2, 0) is 0 Å². The number of halogens is 1. The molecule has 2 saturated heterocycles. The summed E-state index contributed by atoms with van der Waals surface area (Å²) >= 11 is 6.00. The van der Waals surface area contributed by atoms with E-state index in [-0.39, 0.29) is 16.3 Å². The second-order valence-electron chi connectivity index (χ2n) is 5.69. The zero-order valence-corrected chi connectivity index (χ0v) is 12.2. The first-order valence-electron chi connectivity index (χ1n) is 6.97. The SMILES string of the molecule is CN1C2CCCC1(Oc1ccc(C(=O)O)c(Cl)c1)CC2. The molecular formula is C15H18ClNO3. The van der Waals surface area contributed by atoms with E-state index in [1.54, 1.807) is 12.1 Å². The number of fused-ring (bicyclic) bond motifs is 2. The van der Waals surface area contributed by atoms with E-state index in [1.807, 2.05) is 0 Å². The minimum Gasteiger partial charge on any atom is -0.478 e. The molecule has 5 heteroatoms. The molecule has 2 bridgehead atoms. The highest BCUT2D eigenvalue weighted by atomic mass is 35.5. The van der Waals surface area contributed by atoms with Crippen molar-refractivity contribution < 1.29 is 14.6 Å². The summed E-state index contributed by atoms with van der Waals surface area (Å²) in [6, 6.07) is 5.42. The Morgan fingerprint density at radius 3 is 2.95 bits per heavy atom. The molecule has 108 valence electrons. The number of carbonyl (C=O) groups is 1. The van der Waals surface area contributed by atoms with Crippen molar-refractivity contribution in [2.24, 2.45) is 0 Å². The van der Waals surface area contributed by atoms with Crippen LogP contribution >= 0.6 is 11.6 Å². The molecule has 0 amide bonds. The van der Waals surface area contributed by atoms with Gasteiger partial charge in [0.15, 0.2) is 5.72 Å². The normalized spacial score (nSPS) is 29.4. The summed E-state index contributed by atoms with van der Waals surface area (Å²) < 4.78 is 6.21. The van der Waals surface area contributed by atoms with Gasteiger partial charge in [-0.3, -0.25) is 4.90 Å². The van der Waals surface area contributed by atoms with Gasteiger partial charge in [-0.15, -0.1) is 0 Å². The molecule has 0 saturated carbocycles. The number of carboxylic acids is 1. The number of hydrogen-bond donors (Lipinski definition) is 1. The lowest BCUT2D eigenvalue weighted by Gasteiger charge is -2.42. The minimum absolute atomic E-state index is 0.109. The molecule has 3 rings (SSSR count). The molecule has 1 aromatic carbocycles. The van der Waals surface area contributed by atoms with Gasteiger partial charge in [0, 0.05) is 18.9 Å². The van der Waals surface area contributed by atoms with E-state index < -0.39 is 5.97 Å². The summed E-state index contributed by atoms with van der Waals surface area (Å²) in [6.07, 6.45) is 5.61. The van der Waals surface area contributed by atoms with E-state index in [4.69, 9.17) is 21.4 Å². The number of hydrogen-bond acceptors (Lipinski definition) is 3. The van der Waals surface area contributed by atoms with Crippen LogP contribution in [0, 0.1) is 0 Å². The number of piperidine rings is 1. The van der Waals surface area contributed by atoms with Crippen LogP contribution < -0.4 is 4.74 Å². The van der Waals surface area contributed by atoms with Gasteiger partial charge in [0.25, 0.3) is 0 Å². The van der Waals surface area contributed by atoms with Crippen molar-refractivity contribution in [2.45, 2.75) is 43.9 Å². The van der Waals surface area contributed by atoms with E-state index in [9.17, 15) is 4.79 Å². The van der Waals surface area contributed by atoms with Gasteiger partial charge in [-0.25, -0.2) is 4.79 Å². The largest absolute Gasteiger partial charge is 0.478 e. The zero-order chi connectivity index (χ0) is 14.3. The fraction of sp³-hybridized carbons (Fsp3) is 0.533. The molecule has 0 aliphatic carbocycles. The molecule has 2 aliphatic heterocycles. The van der Waals surface area contributed by atoms with Crippen molar-refractivity contribution in [3.05, 3.63) is 28.8 Å². The minimum atomic E-state index is -1.02. The monoisotopic (exact) mass is 295 g/mol. The van der Waals surface area contributed by atoms with Gasteiger partial charge in [-0.1, -0.05) is 11.6 Å². The van der Waals surface area contributed by atoms with Crippen LogP contribution in [0.25, 0.3) is 0 Å². The Hall–Kier alpha value is -1.26. The molecule has 2 heterocycles. The molecule has 2 unspecified atom stereocenters. The second-order valence-corrected chi connectivity index (χ2v) is 6.10. The topological polar surface area (TPSA) is 49.8 Å². The van der Waals surface area contributed by atoms with E-state index in [2.05, 4.69) is 11.9 Å². The van der Waals surface area contributed by atoms with Gasteiger partial charge in [0.2, 0.25) is 0 Å². The summed E-state index contributed by atoms with van der Waals surface area (Å²) in [5.74, 6) is -0.371. The van der Waals surface area contributed by atoms with Crippen molar-refractivity contribution in [3.63, 3.8) is 0 Å². The highest BCUT2D eigenvalue weighted by molar-refractivity contribution is 6.33. The van der Waals surface area contributed by atoms with Crippen LogP contribution in [0.3, 0.4) is 0 Å². The third-order valence-electron chi connectivity index (χ3n) is 4.64. The van der Waals surface area contributed by atoms with Gasteiger partial charge in [-0.05, 0) is 44.5 Å². The number of nitrogens with zero attached hydrogens (tertiary/aromatic N) is 1. The van der Waals surface area contributed by atoms with Gasteiger partial charge in [0.05, 0.1) is 10.6 Å². The maximum absolute atomic E-state index is 11.0. The molecular weight excluding hydrogens is 278 g/mol. The van der Waals surface area contributed by atoms with E-state index in [0.29, 0.717) is 11.8 Å². The number of ether oxygens (including phenoxy) is 1.